The fraction of sp³-hybridized carbons (Fsp3) is 0.300. The van der Waals surface area contributed by atoms with Gasteiger partial charge in [-0.25, -0.2) is 0 Å². The number of nitrogens with zero attached hydrogens (tertiary/aromatic N) is 2. The van der Waals surface area contributed by atoms with Gasteiger partial charge in [-0.15, -0.1) is 12.4 Å². The van der Waals surface area contributed by atoms with Gasteiger partial charge in [-0.05, 0) is 48.0 Å². The molecule has 0 saturated carbocycles. The molecule has 0 atom stereocenters. The quantitative estimate of drug-likeness (QED) is 0.401. The Morgan fingerprint density at radius 2 is 1.89 bits per heavy atom. The van der Waals surface area contributed by atoms with Crippen molar-refractivity contribution in [3.05, 3.63) is 53.1 Å². The molecule has 0 unspecified atom stereocenters. The molecule has 0 radical (unpaired) electrons. The summed E-state index contributed by atoms with van der Waals surface area (Å²) >= 11 is 5.87. The van der Waals surface area contributed by atoms with Crippen LogP contribution in [0.3, 0.4) is 0 Å². The highest BCUT2D eigenvalue weighted by Crippen LogP contribution is 2.28. The SMILES string of the molecule is COc1cc(C=Nc2ccc(Cl)cc2)ccc1OC(=O)CN1CCOCC1.Cl. The number of hydrogen-bond acceptors (Lipinski definition) is 6. The lowest BCUT2D eigenvalue weighted by atomic mass is 10.2. The molecular weight excluding hydrogens is 403 g/mol. The lowest BCUT2D eigenvalue weighted by molar-refractivity contribution is -0.136. The molecule has 1 fully saturated rings. The Morgan fingerprint density at radius 3 is 2.57 bits per heavy atom. The smallest absolute Gasteiger partial charge is 0.325 e. The van der Waals surface area contributed by atoms with Gasteiger partial charge in [0.25, 0.3) is 0 Å². The first kappa shape index (κ1) is 22.2. The third kappa shape index (κ3) is 6.49. The number of methoxy groups -OCH3 is 1. The van der Waals surface area contributed by atoms with E-state index >= 15 is 0 Å². The van der Waals surface area contributed by atoms with Crippen molar-refractivity contribution < 1.29 is 19.0 Å². The van der Waals surface area contributed by atoms with Gasteiger partial charge in [-0.1, -0.05) is 11.6 Å². The van der Waals surface area contributed by atoms with Gasteiger partial charge < -0.3 is 14.2 Å². The van der Waals surface area contributed by atoms with E-state index in [2.05, 4.69) is 4.99 Å². The number of halogens is 2. The van der Waals surface area contributed by atoms with Gasteiger partial charge in [-0.3, -0.25) is 14.7 Å². The highest BCUT2D eigenvalue weighted by Gasteiger charge is 2.17. The molecule has 1 aliphatic rings. The van der Waals surface area contributed by atoms with E-state index in [0.717, 1.165) is 24.3 Å². The summed E-state index contributed by atoms with van der Waals surface area (Å²) in [6.07, 6.45) is 1.71. The zero-order valence-corrected chi connectivity index (χ0v) is 17.0. The molecule has 150 valence electrons. The van der Waals surface area contributed by atoms with Crippen molar-refractivity contribution in [3.63, 3.8) is 0 Å². The van der Waals surface area contributed by atoms with Gasteiger partial charge in [0.1, 0.15) is 0 Å². The Hall–Kier alpha value is -2.12. The summed E-state index contributed by atoms with van der Waals surface area (Å²) in [7, 11) is 1.54. The van der Waals surface area contributed by atoms with Crippen LogP contribution < -0.4 is 9.47 Å². The fourth-order valence-electron chi connectivity index (χ4n) is 2.62. The molecule has 28 heavy (non-hydrogen) atoms. The van der Waals surface area contributed by atoms with E-state index < -0.39 is 0 Å². The summed E-state index contributed by atoms with van der Waals surface area (Å²) < 4.78 is 16.1. The maximum Gasteiger partial charge on any atom is 0.325 e. The Kier molecular flexibility index (Phi) is 8.73. The molecule has 1 saturated heterocycles. The fourth-order valence-corrected chi connectivity index (χ4v) is 2.75. The number of hydrogen-bond donors (Lipinski definition) is 0. The molecule has 1 heterocycles. The number of carbonyl (C=O) groups excluding carboxylic acids is 1. The van der Waals surface area contributed by atoms with Crippen LogP contribution in [-0.2, 0) is 9.53 Å². The third-order valence-corrected chi connectivity index (χ3v) is 4.31. The maximum absolute atomic E-state index is 12.2. The Bertz CT molecular complexity index is 806. The lowest BCUT2D eigenvalue weighted by Gasteiger charge is -2.25. The number of rotatable bonds is 6. The number of benzene rings is 2. The first-order valence-electron chi connectivity index (χ1n) is 8.62. The first-order chi connectivity index (χ1) is 13.1. The number of morpholine rings is 1. The van der Waals surface area contributed by atoms with Gasteiger partial charge in [0.2, 0.25) is 0 Å². The van der Waals surface area contributed by atoms with Crippen LogP contribution in [0.1, 0.15) is 5.56 Å². The molecule has 0 aromatic heterocycles. The normalized spacial score (nSPS) is 14.5. The maximum atomic E-state index is 12.2. The van der Waals surface area contributed by atoms with Gasteiger partial charge in [0, 0.05) is 24.3 Å². The summed E-state index contributed by atoms with van der Waals surface area (Å²) in [6, 6.07) is 12.5. The van der Waals surface area contributed by atoms with Crippen molar-refractivity contribution in [2.45, 2.75) is 0 Å². The second-order valence-electron chi connectivity index (χ2n) is 6.01. The van der Waals surface area contributed by atoms with Crippen molar-refractivity contribution in [1.29, 1.82) is 0 Å². The molecule has 1 aliphatic heterocycles. The predicted octanol–water partition coefficient (Wildman–Crippen LogP) is 3.76. The van der Waals surface area contributed by atoms with Crippen LogP contribution in [0.5, 0.6) is 11.5 Å². The van der Waals surface area contributed by atoms with Gasteiger partial charge in [0.05, 0.1) is 32.6 Å². The van der Waals surface area contributed by atoms with E-state index in [4.69, 9.17) is 25.8 Å². The summed E-state index contributed by atoms with van der Waals surface area (Å²) in [5.74, 6) is 0.544. The van der Waals surface area contributed by atoms with Crippen LogP contribution in [0.15, 0.2) is 47.5 Å². The van der Waals surface area contributed by atoms with E-state index in [1.165, 1.54) is 7.11 Å². The van der Waals surface area contributed by atoms with Crippen LogP contribution in [0, 0.1) is 0 Å². The standard InChI is InChI=1S/C20H21ClN2O4.ClH/c1-25-19-12-15(13-22-17-5-3-16(21)4-6-17)2-7-18(19)27-20(24)14-23-8-10-26-11-9-23;/h2-7,12-13H,8-11,14H2,1H3;1H. The van der Waals surface area contributed by atoms with E-state index in [1.807, 2.05) is 23.1 Å². The minimum atomic E-state index is -0.321. The molecular formula is C20H22Cl2N2O4. The molecule has 0 amide bonds. The van der Waals surface area contributed by atoms with E-state index in [1.54, 1.807) is 30.5 Å². The average Bonchev–Trinajstić information content (AvgIpc) is 2.69. The average molecular weight is 425 g/mol. The molecule has 2 aromatic carbocycles. The van der Waals surface area contributed by atoms with Crippen LogP contribution in [0.4, 0.5) is 5.69 Å². The van der Waals surface area contributed by atoms with E-state index in [-0.39, 0.29) is 24.9 Å². The van der Waals surface area contributed by atoms with Crippen LogP contribution in [0.25, 0.3) is 0 Å². The minimum absolute atomic E-state index is 0. The highest BCUT2D eigenvalue weighted by atomic mass is 35.5. The van der Waals surface area contributed by atoms with Gasteiger partial charge >= 0.3 is 5.97 Å². The molecule has 8 heteroatoms. The highest BCUT2D eigenvalue weighted by molar-refractivity contribution is 6.30. The molecule has 2 aromatic rings. The Labute approximate surface area is 175 Å². The molecule has 0 aliphatic carbocycles. The van der Waals surface area contributed by atoms with E-state index in [9.17, 15) is 4.79 Å². The molecule has 6 nitrogen and oxygen atoms in total. The Morgan fingerprint density at radius 1 is 1.18 bits per heavy atom. The summed E-state index contributed by atoms with van der Waals surface area (Å²) in [4.78, 5) is 18.6. The Balaban J connectivity index is 0.00000280. The summed E-state index contributed by atoms with van der Waals surface area (Å²) in [5, 5.41) is 0.666. The number of esters is 1. The first-order valence-corrected chi connectivity index (χ1v) is 9.00. The van der Waals surface area contributed by atoms with Crippen molar-refractivity contribution in [1.82, 2.24) is 4.90 Å². The van der Waals surface area contributed by atoms with Crippen LogP contribution in [0.2, 0.25) is 5.02 Å². The van der Waals surface area contributed by atoms with Gasteiger partial charge in [0.15, 0.2) is 11.5 Å². The molecule has 0 bridgehead atoms. The van der Waals surface area contributed by atoms with Crippen molar-refractivity contribution >= 4 is 41.9 Å². The number of carbonyl (C=O) groups is 1. The van der Waals surface area contributed by atoms with Gasteiger partial charge in [-0.2, -0.15) is 0 Å². The zero-order chi connectivity index (χ0) is 19.1. The molecule has 0 spiro atoms. The van der Waals surface area contributed by atoms with E-state index in [0.29, 0.717) is 29.7 Å². The third-order valence-electron chi connectivity index (χ3n) is 4.06. The monoisotopic (exact) mass is 424 g/mol. The van der Waals surface area contributed by atoms with Crippen LogP contribution >= 0.6 is 24.0 Å². The summed E-state index contributed by atoms with van der Waals surface area (Å²) in [5.41, 5.74) is 1.62. The second kappa shape index (κ2) is 11.0. The zero-order valence-electron chi connectivity index (χ0n) is 15.5. The number of aliphatic imine (C=N–C) groups is 1. The molecule has 0 N–H and O–H groups in total. The van der Waals surface area contributed by atoms with Crippen molar-refractivity contribution in [2.24, 2.45) is 4.99 Å². The molecule has 3 rings (SSSR count). The topological polar surface area (TPSA) is 60.4 Å². The van der Waals surface area contributed by atoms with Crippen LogP contribution in [-0.4, -0.2) is 57.0 Å². The second-order valence-corrected chi connectivity index (χ2v) is 6.44. The largest absolute Gasteiger partial charge is 0.493 e. The van der Waals surface area contributed by atoms with Crippen molar-refractivity contribution in [3.8, 4) is 11.5 Å². The summed E-state index contributed by atoms with van der Waals surface area (Å²) in [6.45, 7) is 2.96. The minimum Gasteiger partial charge on any atom is -0.493 e. The lowest BCUT2D eigenvalue weighted by Crippen LogP contribution is -2.40. The van der Waals surface area contributed by atoms with Crippen molar-refractivity contribution in [2.75, 3.05) is 40.0 Å². The predicted molar refractivity (Wildman–Crippen MR) is 112 cm³/mol. The number of ether oxygens (including phenoxy) is 3.